The van der Waals surface area contributed by atoms with Gasteiger partial charge in [-0.1, -0.05) is 18.5 Å². The molecular weight excluding hydrogens is 278 g/mol. The summed E-state index contributed by atoms with van der Waals surface area (Å²) in [6.45, 7) is 5.01. The smallest absolute Gasteiger partial charge is 0.251 e. The molecule has 1 aromatic rings. The minimum absolute atomic E-state index is 0.124. The quantitative estimate of drug-likeness (QED) is 0.791. The molecule has 1 amide bonds. The van der Waals surface area contributed by atoms with E-state index in [0.717, 1.165) is 32.6 Å². The number of anilines is 1. The highest BCUT2D eigenvalue weighted by atomic mass is 35.5. The summed E-state index contributed by atoms with van der Waals surface area (Å²) in [5, 5.41) is 6.37. The molecule has 20 heavy (non-hydrogen) atoms. The summed E-state index contributed by atoms with van der Waals surface area (Å²) in [5.41, 5.74) is 0.530. The van der Waals surface area contributed by atoms with Gasteiger partial charge in [0.1, 0.15) is 11.0 Å². The molecule has 1 saturated heterocycles. The fraction of sp³-hybridized carbons (Fsp3) is 0.571. The molecule has 0 spiro atoms. The van der Waals surface area contributed by atoms with E-state index in [1.165, 1.54) is 0 Å². The van der Waals surface area contributed by atoms with Gasteiger partial charge in [-0.15, -0.1) is 0 Å². The van der Waals surface area contributed by atoms with Crippen LogP contribution in [0.25, 0.3) is 0 Å². The summed E-state index contributed by atoms with van der Waals surface area (Å²) in [6, 6.07) is 3.31. The molecule has 1 aliphatic rings. The maximum Gasteiger partial charge on any atom is 0.251 e. The van der Waals surface area contributed by atoms with Crippen molar-refractivity contribution >= 4 is 23.3 Å². The number of pyridine rings is 1. The van der Waals surface area contributed by atoms with Crippen molar-refractivity contribution < 1.29 is 9.53 Å². The van der Waals surface area contributed by atoms with Gasteiger partial charge in [0.05, 0.1) is 6.61 Å². The Labute approximate surface area is 124 Å². The fourth-order valence-corrected chi connectivity index (χ4v) is 2.26. The van der Waals surface area contributed by atoms with E-state index in [9.17, 15) is 4.79 Å². The van der Waals surface area contributed by atoms with E-state index in [2.05, 4.69) is 22.5 Å². The number of hydrogen-bond acceptors (Lipinski definition) is 4. The lowest BCUT2D eigenvalue weighted by Gasteiger charge is -2.11. The maximum atomic E-state index is 12.1. The molecule has 1 unspecified atom stereocenters. The number of halogens is 1. The van der Waals surface area contributed by atoms with Crippen LogP contribution in [-0.2, 0) is 4.74 Å². The van der Waals surface area contributed by atoms with Gasteiger partial charge in [0.25, 0.3) is 5.91 Å². The number of carbonyl (C=O) groups is 1. The molecule has 0 bridgehead atoms. The van der Waals surface area contributed by atoms with Crippen LogP contribution in [0.5, 0.6) is 0 Å². The van der Waals surface area contributed by atoms with Gasteiger partial charge in [0.15, 0.2) is 0 Å². The predicted molar refractivity (Wildman–Crippen MR) is 79.3 cm³/mol. The highest BCUT2D eigenvalue weighted by Gasteiger charge is 2.17. The van der Waals surface area contributed by atoms with Gasteiger partial charge in [0, 0.05) is 31.2 Å². The largest absolute Gasteiger partial charge is 0.381 e. The van der Waals surface area contributed by atoms with Crippen LogP contribution in [-0.4, -0.2) is 37.2 Å². The van der Waals surface area contributed by atoms with Crippen molar-refractivity contribution in [2.75, 3.05) is 31.6 Å². The molecule has 2 heterocycles. The molecule has 0 radical (unpaired) electrons. The Kier molecular flexibility index (Phi) is 5.61. The van der Waals surface area contributed by atoms with Crippen molar-refractivity contribution in [3.8, 4) is 0 Å². The van der Waals surface area contributed by atoms with Crippen LogP contribution >= 0.6 is 11.6 Å². The van der Waals surface area contributed by atoms with Gasteiger partial charge in [0.2, 0.25) is 0 Å². The average Bonchev–Trinajstić information content (AvgIpc) is 2.95. The molecule has 110 valence electrons. The Morgan fingerprint density at radius 2 is 2.40 bits per heavy atom. The molecule has 1 atom stereocenters. The van der Waals surface area contributed by atoms with Crippen molar-refractivity contribution in [2.45, 2.75) is 19.8 Å². The first-order chi connectivity index (χ1) is 9.69. The summed E-state index contributed by atoms with van der Waals surface area (Å²) in [5.74, 6) is 0.920. The zero-order chi connectivity index (χ0) is 14.4. The van der Waals surface area contributed by atoms with Crippen LogP contribution < -0.4 is 10.6 Å². The Balaban J connectivity index is 1.95. The molecule has 0 saturated carbocycles. The second-order valence-corrected chi connectivity index (χ2v) is 5.32. The minimum atomic E-state index is -0.124. The average molecular weight is 298 g/mol. The number of rotatable bonds is 6. The molecule has 1 fully saturated rings. The second kappa shape index (κ2) is 7.45. The lowest BCUT2D eigenvalue weighted by molar-refractivity contribution is 0.0945. The molecule has 0 aliphatic carbocycles. The first-order valence-electron chi connectivity index (χ1n) is 6.96. The van der Waals surface area contributed by atoms with Gasteiger partial charge in [-0.3, -0.25) is 4.79 Å². The predicted octanol–water partition coefficient (Wildman–Crippen LogP) is 2.32. The lowest BCUT2D eigenvalue weighted by atomic mass is 10.1. The molecule has 1 aromatic heterocycles. The van der Waals surface area contributed by atoms with Crippen molar-refractivity contribution in [2.24, 2.45) is 5.92 Å². The fourth-order valence-electron chi connectivity index (χ4n) is 2.06. The Hall–Kier alpha value is -1.33. The van der Waals surface area contributed by atoms with Crippen LogP contribution in [0.4, 0.5) is 5.82 Å². The van der Waals surface area contributed by atoms with E-state index < -0.39 is 0 Å². The third-order valence-electron chi connectivity index (χ3n) is 3.19. The zero-order valence-corrected chi connectivity index (χ0v) is 12.4. The van der Waals surface area contributed by atoms with E-state index >= 15 is 0 Å². The summed E-state index contributed by atoms with van der Waals surface area (Å²) >= 11 is 5.95. The van der Waals surface area contributed by atoms with Gasteiger partial charge < -0.3 is 15.4 Å². The summed E-state index contributed by atoms with van der Waals surface area (Å²) in [6.07, 6.45) is 1.98. The third-order valence-corrected chi connectivity index (χ3v) is 3.38. The van der Waals surface area contributed by atoms with Gasteiger partial charge in [-0.2, -0.15) is 0 Å². The number of amides is 1. The minimum Gasteiger partial charge on any atom is -0.381 e. The van der Waals surface area contributed by atoms with E-state index in [1.54, 1.807) is 12.1 Å². The molecule has 1 aliphatic heterocycles. The highest BCUT2D eigenvalue weighted by molar-refractivity contribution is 6.29. The van der Waals surface area contributed by atoms with Gasteiger partial charge in [-0.25, -0.2) is 4.98 Å². The first kappa shape index (κ1) is 15.1. The van der Waals surface area contributed by atoms with E-state index in [1.807, 2.05) is 0 Å². The topological polar surface area (TPSA) is 63.2 Å². The van der Waals surface area contributed by atoms with E-state index in [-0.39, 0.29) is 5.91 Å². The Morgan fingerprint density at radius 3 is 3.10 bits per heavy atom. The maximum absolute atomic E-state index is 12.1. The van der Waals surface area contributed by atoms with E-state index in [0.29, 0.717) is 29.0 Å². The molecule has 5 nitrogen and oxygen atoms in total. The number of ether oxygens (including phenoxy) is 1. The summed E-state index contributed by atoms with van der Waals surface area (Å²) < 4.78 is 5.29. The van der Waals surface area contributed by atoms with Crippen molar-refractivity contribution in [3.05, 3.63) is 22.8 Å². The Morgan fingerprint density at radius 1 is 1.55 bits per heavy atom. The van der Waals surface area contributed by atoms with Crippen molar-refractivity contribution in [1.82, 2.24) is 10.3 Å². The van der Waals surface area contributed by atoms with Crippen molar-refractivity contribution in [3.63, 3.8) is 0 Å². The lowest BCUT2D eigenvalue weighted by Crippen LogP contribution is -2.29. The van der Waals surface area contributed by atoms with E-state index in [4.69, 9.17) is 16.3 Å². The molecule has 6 heteroatoms. The van der Waals surface area contributed by atoms with Crippen molar-refractivity contribution in [1.29, 1.82) is 0 Å². The number of hydrogen-bond donors (Lipinski definition) is 2. The summed E-state index contributed by atoms with van der Waals surface area (Å²) in [7, 11) is 0. The van der Waals surface area contributed by atoms with Crippen LogP contribution in [0.15, 0.2) is 12.1 Å². The Bertz CT molecular complexity index is 462. The van der Waals surface area contributed by atoms with Gasteiger partial charge in [-0.05, 0) is 25.0 Å². The molecule has 0 aromatic carbocycles. The third kappa shape index (κ3) is 4.35. The first-order valence-corrected chi connectivity index (χ1v) is 7.34. The monoisotopic (exact) mass is 297 g/mol. The van der Waals surface area contributed by atoms with Crippen LogP contribution in [0, 0.1) is 5.92 Å². The van der Waals surface area contributed by atoms with Crippen LogP contribution in [0.1, 0.15) is 30.1 Å². The van der Waals surface area contributed by atoms with Crippen LogP contribution in [0.2, 0.25) is 5.15 Å². The SMILES string of the molecule is CCCNc1cc(C(=O)NCC2CCOC2)cc(Cl)n1. The standard InChI is InChI=1S/C14H20ClN3O2/c1-2-4-16-13-7-11(6-12(15)18-13)14(19)17-8-10-3-5-20-9-10/h6-7,10H,2-5,8-9H2,1H3,(H,16,18)(H,17,19). The molecule has 2 N–H and O–H groups in total. The number of nitrogens with zero attached hydrogens (tertiary/aromatic N) is 1. The second-order valence-electron chi connectivity index (χ2n) is 4.93. The number of aromatic nitrogens is 1. The summed E-state index contributed by atoms with van der Waals surface area (Å²) in [4.78, 5) is 16.3. The molecule has 2 rings (SSSR count). The number of carbonyl (C=O) groups excluding carboxylic acids is 1. The highest BCUT2D eigenvalue weighted by Crippen LogP contribution is 2.15. The number of nitrogens with one attached hydrogen (secondary N) is 2. The normalized spacial score (nSPS) is 18.0. The van der Waals surface area contributed by atoms with Crippen LogP contribution in [0.3, 0.4) is 0 Å². The van der Waals surface area contributed by atoms with Gasteiger partial charge >= 0.3 is 0 Å². The molecular formula is C14H20ClN3O2. The zero-order valence-electron chi connectivity index (χ0n) is 11.6.